The summed E-state index contributed by atoms with van der Waals surface area (Å²) >= 11 is 18.8. The molecule has 0 radical (unpaired) electrons. The van der Waals surface area contributed by atoms with E-state index in [4.69, 9.17) is 39.8 Å². The molecule has 0 bridgehead atoms. The number of nitrogens with zero attached hydrogens (tertiary/aromatic N) is 4. The first-order valence-electron chi connectivity index (χ1n) is 10.9. The number of hydrogen-bond donors (Lipinski definition) is 2. The van der Waals surface area contributed by atoms with Gasteiger partial charge in [0.1, 0.15) is 10.8 Å². The van der Waals surface area contributed by atoms with Crippen molar-refractivity contribution < 1.29 is 9.21 Å². The first-order chi connectivity index (χ1) is 17.4. The van der Waals surface area contributed by atoms with Crippen molar-refractivity contribution >= 4 is 62.7 Å². The maximum absolute atomic E-state index is 12.5. The molecule has 3 aromatic heterocycles. The van der Waals surface area contributed by atoms with Gasteiger partial charge in [0.05, 0.1) is 10.0 Å². The summed E-state index contributed by atoms with van der Waals surface area (Å²) in [6.45, 7) is 2.46. The van der Waals surface area contributed by atoms with Crippen LogP contribution in [0.1, 0.15) is 28.9 Å². The zero-order valence-corrected chi connectivity index (χ0v) is 21.9. The van der Waals surface area contributed by atoms with Crippen molar-refractivity contribution in [3.05, 3.63) is 81.8 Å². The summed E-state index contributed by atoms with van der Waals surface area (Å²) in [5.41, 5.74) is 2.69. The summed E-state index contributed by atoms with van der Waals surface area (Å²) in [4.78, 5) is 13.3. The van der Waals surface area contributed by atoms with Crippen LogP contribution < -0.4 is 10.6 Å². The van der Waals surface area contributed by atoms with E-state index in [1.807, 2.05) is 31.2 Å². The molecular weight excluding hydrogens is 539 g/mol. The fourth-order valence-corrected chi connectivity index (χ4v) is 4.74. The molecule has 0 saturated carbocycles. The summed E-state index contributed by atoms with van der Waals surface area (Å²) in [7, 11) is 0. The molecule has 2 N–H and O–H groups in total. The molecule has 0 aliphatic carbocycles. The van der Waals surface area contributed by atoms with Gasteiger partial charge in [-0.1, -0.05) is 65.7 Å². The van der Waals surface area contributed by atoms with Gasteiger partial charge in [0, 0.05) is 24.1 Å². The number of halogens is 2. The van der Waals surface area contributed by atoms with Crippen molar-refractivity contribution in [1.82, 2.24) is 30.4 Å². The first-order valence-corrected chi connectivity index (χ1v) is 12.8. The maximum Gasteiger partial charge on any atom is 0.293 e. The number of rotatable bonds is 6. The molecule has 2 aromatic carbocycles. The minimum absolute atomic E-state index is 0.126. The standard InChI is InChI=1S/C24H18Cl2N6O2S2/c1-2-20-29-30-24-32(20)31-22(36-24)14-5-3-13(4-6-14)12-27-23(35)28-21(33)19-10-9-18(34-19)15-7-8-16(25)17(26)11-15/h3-11H,2,12H2,1H3,(H2,27,28,33,35). The van der Waals surface area contributed by atoms with Gasteiger partial charge in [-0.2, -0.15) is 9.61 Å². The van der Waals surface area contributed by atoms with Crippen LogP contribution in [0.5, 0.6) is 0 Å². The van der Waals surface area contributed by atoms with E-state index in [2.05, 4.69) is 25.9 Å². The molecule has 0 spiro atoms. The number of furan rings is 1. The second kappa shape index (κ2) is 10.4. The van der Waals surface area contributed by atoms with Gasteiger partial charge in [-0.3, -0.25) is 10.1 Å². The Labute approximate surface area is 225 Å². The second-order valence-electron chi connectivity index (χ2n) is 7.70. The quantitative estimate of drug-likeness (QED) is 0.255. The number of fused-ring (bicyclic) bond motifs is 1. The molecule has 0 unspecified atom stereocenters. The van der Waals surface area contributed by atoms with Crippen molar-refractivity contribution in [2.45, 2.75) is 19.9 Å². The molecule has 36 heavy (non-hydrogen) atoms. The minimum atomic E-state index is -0.455. The average molecular weight is 557 g/mol. The number of amides is 1. The van der Waals surface area contributed by atoms with E-state index in [1.165, 1.54) is 11.3 Å². The summed E-state index contributed by atoms with van der Waals surface area (Å²) in [6, 6.07) is 16.3. The molecular formula is C24H18Cl2N6O2S2. The van der Waals surface area contributed by atoms with E-state index in [9.17, 15) is 4.79 Å². The van der Waals surface area contributed by atoms with E-state index in [0.717, 1.165) is 33.3 Å². The maximum atomic E-state index is 12.5. The van der Waals surface area contributed by atoms with Crippen LogP contribution in [0.4, 0.5) is 0 Å². The number of carbonyl (C=O) groups excluding carboxylic acids is 1. The van der Waals surface area contributed by atoms with Crippen molar-refractivity contribution in [2.75, 3.05) is 0 Å². The van der Waals surface area contributed by atoms with Crippen LogP contribution in [0, 0.1) is 0 Å². The number of thiocarbonyl (C=S) groups is 1. The van der Waals surface area contributed by atoms with Gasteiger partial charge in [-0.25, -0.2) is 0 Å². The lowest BCUT2D eigenvalue weighted by Crippen LogP contribution is -2.38. The molecule has 8 nitrogen and oxygen atoms in total. The Morgan fingerprint density at radius 1 is 1.06 bits per heavy atom. The lowest BCUT2D eigenvalue weighted by atomic mass is 10.1. The second-order valence-corrected chi connectivity index (χ2v) is 9.88. The van der Waals surface area contributed by atoms with Gasteiger partial charge in [0.25, 0.3) is 5.91 Å². The van der Waals surface area contributed by atoms with E-state index in [-0.39, 0.29) is 10.9 Å². The molecule has 0 atom stereocenters. The smallest absolute Gasteiger partial charge is 0.293 e. The molecule has 182 valence electrons. The topological polar surface area (TPSA) is 97.3 Å². The summed E-state index contributed by atoms with van der Waals surface area (Å²) in [6.07, 6.45) is 0.768. The van der Waals surface area contributed by atoms with E-state index < -0.39 is 5.91 Å². The Morgan fingerprint density at radius 2 is 1.83 bits per heavy atom. The van der Waals surface area contributed by atoms with Crippen molar-refractivity contribution in [3.8, 4) is 21.9 Å². The molecule has 0 saturated heterocycles. The fourth-order valence-electron chi connectivity index (χ4n) is 3.42. The van der Waals surface area contributed by atoms with Crippen molar-refractivity contribution in [1.29, 1.82) is 0 Å². The normalized spacial score (nSPS) is 11.1. The van der Waals surface area contributed by atoms with Crippen LogP contribution >= 0.6 is 46.8 Å². The monoisotopic (exact) mass is 556 g/mol. The number of nitrogens with one attached hydrogen (secondary N) is 2. The Morgan fingerprint density at radius 3 is 2.58 bits per heavy atom. The SMILES string of the molecule is CCc1nnc2sc(-c3ccc(CNC(=S)NC(=O)c4ccc(-c5ccc(Cl)c(Cl)c5)o4)cc3)nn12. The summed E-state index contributed by atoms with van der Waals surface area (Å²) in [5, 5.41) is 20.5. The van der Waals surface area contributed by atoms with Crippen LogP contribution in [-0.4, -0.2) is 30.8 Å². The van der Waals surface area contributed by atoms with Crippen LogP contribution in [0.3, 0.4) is 0 Å². The number of benzene rings is 2. The highest BCUT2D eigenvalue weighted by atomic mass is 35.5. The largest absolute Gasteiger partial charge is 0.451 e. The van der Waals surface area contributed by atoms with Crippen molar-refractivity contribution in [2.24, 2.45) is 0 Å². The number of aryl methyl sites for hydroxylation is 1. The van der Waals surface area contributed by atoms with Gasteiger partial charge >= 0.3 is 0 Å². The lowest BCUT2D eigenvalue weighted by molar-refractivity contribution is 0.0950. The van der Waals surface area contributed by atoms with Crippen LogP contribution in [-0.2, 0) is 13.0 Å². The van der Waals surface area contributed by atoms with Gasteiger partial charge in [-0.15, -0.1) is 10.2 Å². The Kier molecular flexibility index (Phi) is 7.01. The summed E-state index contributed by atoms with van der Waals surface area (Å²) < 4.78 is 7.44. The number of carbonyl (C=O) groups is 1. The zero-order chi connectivity index (χ0) is 25.2. The molecule has 3 heterocycles. The Bertz CT molecular complexity index is 1580. The molecule has 0 fully saturated rings. The van der Waals surface area contributed by atoms with E-state index >= 15 is 0 Å². The molecule has 5 aromatic rings. The third-order valence-corrected chi connectivity index (χ3v) is 7.22. The van der Waals surface area contributed by atoms with E-state index in [0.29, 0.717) is 27.9 Å². The van der Waals surface area contributed by atoms with Gasteiger partial charge in [0.2, 0.25) is 4.96 Å². The molecule has 1 amide bonds. The van der Waals surface area contributed by atoms with Gasteiger partial charge in [0.15, 0.2) is 16.7 Å². The minimum Gasteiger partial charge on any atom is -0.451 e. The highest BCUT2D eigenvalue weighted by Gasteiger charge is 2.15. The fraction of sp³-hybridized carbons (Fsp3) is 0.125. The molecule has 0 aliphatic heterocycles. The highest BCUT2D eigenvalue weighted by Crippen LogP contribution is 2.29. The predicted molar refractivity (Wildman–Crippen MR) is 145 cm³/mol. The third-order valence-electron chi connectivity index (χ3n) is 5.29. The third kappa shape index (κ3) is 5.12. The van der Waals surface area contributed by atoms with E-state index in [1.54, 1.807) is 34.8 Å². The lowest BCUT2D eigenvalue weighted by Gasteiger charge is -2.09. The Hall–Kier alpha value is -3.31. The highest BCUT2D eigenvalue weighted by molar-refractivity contribution is 7.80. The van der Waals surface area contributed by atoms with Crippen molar-refractivity contribution in [3.63, 3.8) is 0 Å². The van der Waals surface area contributed by atoms with Crippen LogP contribution in [0.2, 0.25) is 10.0 Å². The molecule has 12 heteroatoms. The average Bonchev–Trinajstić information content (AvgIpc) is 3.61. The van der Waals surface area contributed by atoms with Gasteiger partial charge in [-0.05, 0) is 48.1 Å². The number of aromatic nitrogens is 4. The predicted octanol–water partition coefficient (Wildman–Crippen LogP) is 5.79. The van der Waals surface area contributed by atoms with Gasteiger partial charge < -0.3 is 9.73 Å². The first kappa shape index (κ1) is 24.4. The number of hydrogen-bond acceptors (Lipinski definition) is 7. The molecule has 0 aliphatic rings. The Balaban J connectivity index is 1.16. The molecule has 5 rings (SSSR count). The van der Waals surface area contributed by atoms with Crippen LogP contribution in [0.15, 0.2) is 59.0 Å². The summed E-state index contributed by atoms with van der Waals surface area (Å²) in [5.74, 6) is 1.00. The van der Waals surface area contributed by atoms with Crippen LogP contribution in [0.25, 0.3) is 26.9 Å². The zero-order valence-electron chi connectivity index (χ0n) is 18.8.